The lowest BCUT2D eigenvalue weighted by atomic mass is 10.0. The van der Waals surface area contributed by atoms with Crippen LogP contribution in [0.3, 0.4) is 0 Å². The van der Waals surface area contributed by atoms with Crippen LogP contribution in [0.25, 0.3) is 0 Å². The summed E-state index contributed by atoms with van der Waals surface area (Å²) in [4.78, 5) is 62.5. The number of likely N-dealkylation sites (tertiary alicyclic amines) is 1. The number of aliphatic carboxylic acids is 2. The molecule has 0 spiro atoms. The lowest BCUT2D eigenvalue weighted by Gasteiger charge is -2.29. The maximum absolute atomic E-state index is 13.1. The third-order valence-corrected chi connectivity index (χ3v) is 6.04. The molecule has 0 bridgehead atoms. The third kappa shape index (κ3) is 7.97. The number of carboxylic acid groups (broad SMARTS) is 2. The first-order valence-corrected chi connectivity index (χ1v) is 11.5. The van der Waals surface area contributed by atoms with E-state index in [1.165, 1.54) is 4.90 Å². The Hall–Kier alpha value is -2.73. The monoisotopic (exact) mass is 469 g/mol. The Bertz CT molecular complexity index is 726. The van der Waals surface area contributed by atoms with E-state index in [1.54, 1.807) is 0 Å². The summed E-state index contributed by atoms with van der Waals surface area (Å²) >= 11 is 0. The normalized spacial score (nSPS) is 21.9. The van der Waals surface area contributed by atoms with Crippen molar-refractivity contribution in [1.82, 2.24) is 20.9 Å². The Balaban J connectivity index is 2.12. The van der Waals surface area contributed by atoms with Crippen molar-refractivity contribution in [3.05, 3.63) is 0 Å². The second kappa shape index (κ2) is 13.1. The van der Waals surface area contributed by atoms with Gasteiger partial charge in [0.25, 0.3) is 0 Å². The van der Waals surface area contributed by atoms with Gasteiger partial charge in [-0.25, -0.2) is 4.79 Å². The molecule has 33 heavy (non-hydrogen) atoms. The molecule has 3 amide bonds. The first kappa shape index (κ1) is 26.5. The predicted molar refractivity (Wildman–Crippen MR) is 117 cm³/mol. The smallest absolute Gasteiger partial charge is 0.326 e. The first-order valence-electron chi connectivity index (χ1n) is 11.5. The molecular weight excluding hydrogens is 434 g/mol. The molecule has 12 heteroatoms. The van der Waals surface area contributed by atoms with Crippen LogP contribution >= 0.6 is 0 Å². The highest BCUT2D eigenvalue weighted by Crippen LogP contribution is 2.20. The predicted octanol–water partition coefficient (Wildman–Crippen LogP) is -1.22. The van der Waals surface area contributed by atoms with E-state index in [1.807, 2.05) is 0 Å². The minimum Gasteiger partial charge on any atom is -0.481 e. The number of unbranched alkanes of at least 4 members (excludes halogenated alkanes) is 1. The topological polar surface area (TPSA) is 191 Å². The van der Waals surface area contributed by atoms with E-state index in [9.17, 15) is 29.1 Å². The van der Waals surface area contributed by atoms with Crippen LogP contribution in [-0.2, 0) is 24.0 Å². The highest BCUT2D eigenvalue weighted by Gasteiger charge is 2.38. The van der Waals surface area contributed by atoms with E-state index in [2.05, 4.69) is 16.0 Å². The molecule has 186 valence electrons. The van der Waals surface area contributed by atoms with Crippen molar-refractivity contribution in [3.8, 4) is 0 Å². The van der Waals surface area contributed by atoms with Gasteiger partial charge in [-0.1, -0.05) is 0 Å². The van der Waals surface area contributed by atoms with Crippen LogP contribution in [0, 0.1) is 0 Å². The Morgan fingerprint density at radius 3 is 2.36 bits per heavy atom. The van der Waals surface area contributed by atoms with E-state index in [4.69, 9.17) is 10.8 Å². The molecule has 0 aliphatic carbocycles. The molecule has 7 N–H and O–H groups in total. The Labute approximate surface area is 192 Å². The van der Waals surface area contributed by atoms with Crippen molar-refractivity contribution in [2.45, 2.75) is 82.0 Å². The van der Waals surface area contributed by atoms with Crippen molar-refractivity contribution in [2.24, 2.45) is 5.73 Å². The van der Waals surface area contributed by atoms with Crippen molar-refractivity contribution >= 4 is 29.7 Å². The van der Waals surface area contributed by atoms with Gasteiger partial charge in [0.2, 0.25) is 17.7 Å². The van der Waals surface area contributed by atoms with Crippen LogP contribution in [-0.4, -0.2) is 88.6 Å². The summed E-state index contributed by atoms with van der Waals surface area (Å²) in [5.41, 5.74) is 5.54. The molecule has 0 saturated carbocycles. The van der Waals surface area contributed by atoms with Crippen LogP contribution in [0.1, 0.15) is 57.8 Å². The van der Waals surface area contributed by atoms with Gasteiger partial charge in [0.05, 0.1) is 6.04 Å². The molecule has 4 atom stereocenters. The second-order valence-electron chi connectivity index (χ2n) is 8.52. The molecule has 0 aromatic carbocycles. The fraction of sp³-hybridized carbons (Fsp3) is 0.762. The second-order valence-corrected chi connectivity index (χ2v) is 8.52. The molecule has 4 unspecified atom stereocenters. The van der Waals surface area contributed by atoms with Gasteiger partial charge < -0.3 is 36.8 Å². The largest absolute Gasteiger partial charge is 0.481 e. The van der Waals surface area contributed by atoms with Crippen molar-refractivity contribution in [3.63, 3.8) is 0 Å². The van der Waals surface area contributed by atoms with Crippen molar-refractivity contribution < 1.29 is 34.2 Å². The van der Waals surface area contributed by atoms with Gasteiger partial charge in [-0.05, 0) is 64.5 Å². The molecule has 0 aromatic heterocycles. The van der Waals surface area contributed by atoms with E-state index in [0.717, 1.165) is 6.42 Å². The van der Waals surface area contributed by atoms with Crippen LogP contribution < -0.4 is 21.7 Å². The number of rotatable bonds is 13. The average Bonchev–Trinajstić information content (AvgIpc) is 3.47. The van der Waals surface area contributed by atoms with Crippen molar-refractivity contribution in [2.75, 3.05) is 19.6 Å². The van der Waals surface area contributed by atoms with Crippen LogP contribution in [0.4, 0.5) is 0 Å². The van der Waals surface area contributed by atoms with Gasteiger partial charge in [0.1, 0.15) is 18.1 Å². The zero-order chi connectivity index (χ0) is 24.4. The Morgan fingerprint density at radius 2 is 1.76 bits per heavy atom. The highest BCUT2D eigenvalue weighted by molar-refractivity contribution is 5.94. The lowest BCUT2D eigenvalue weighted by molar-refractivity contribution is -0.150. The van der Waals surface area contributed by atoms with Crippen LogP contribution in [0.2, 0.25) is 0 Å². The highest BCUT2D eigenvalue weighted by atomic mass is 16.4. The Morgan fingerprint density at radius 1 is 1.00 bits per heavy atom. The SMILES string of the molecule is NCCCCC(NC(=O)C1CCCN1)C(=O)NC(CCC(=O)O)C(=O)N1CCCC1C(=O)O. The van der Waals surface area contributed by atoms with E-state index in [-0.39, 0.29) is 31.3 Å². The molecule has 2 rings (SSSR count). The molecule has 2 aliphatic heterocycles. The van der Waals surface area contributed by atoms with Gasteiger partial charge in [0.15, 0.2) is 0 Å². The molecule has 0 aromatic rings. The zero-order valence-electron chi connectivity index (χ0n) is 18.8. The molecule has 12 nitrogen and oxygen atoms in total. The lowest BCUT2D eigenvalue weighted by Crippen LogP contribution is -2.57. The maximum atomic E-state index is 13.1. The first-order chi connectivity index (χ1) is 15.7. The summed E-state index contributed by atoms with van der Waals surface area (Å²) in [6.45, 7) is 1.37. The number of hydrogen-bond donors (Lipinski definition) is 6. The Kier molecular flexibility index (Phi) is 10.5. The minimum absolute atomic E-state index is 0.184. The standard InChI is InChI=1S/C21H35N5O7/c22-10-2-1-5-14(24-18(29)13-6-3-11-23-13)19(30)25-15(8-9-17(27)28)20(31)26-12-4-7-16(26)21(32)33/h13-16,23H,1-12,22H2,(H,24,29)(H,25,30)(H,27,28)(H,32,33). The molecule has 2 aliphatic rings. The third-order valence-electron chi connectivity index (χ3n) is 6.04. The number of carboxylic acids is 2. The number of carbonyl (C=O) groups is 5. The fourth-order valence-electron chi connectivity index (χ4n) is 4.23. The molecule has 0 radical (unpaired) electrons. The van der Waals surface area contributed by atoms with Gasteiger partial charge in [-0.15, -0.1) is 0 Å². The van der Waals surface area contributed by atoms with E-state index < -0.39 is 41.9 Å². The van der Waals surface area contributed by atoms with Gasteiger partial charge in [0, 0.05) is 13.0 Å². The fourth-order valence-corrected chi connectivity index (χ4v) is 4.23. The van der Waals surface area contributed by atoms with Gasteiger partial charge >= 0.3 is 11.9 Å². The number of nitrogens with one attached hydrogen (secondary N) is 3. The molecular formula is C21H35N5O7. The molecule has 2 saturated heterocycles. The average molecular weight is 470 g/mol. The maximum Gasteiger partial charge on any atom is 0.326 e. The summed E-state index contributed by atoms with van der Waals surface area (Å²) in [5.74, 6) is -3.81. The molecule has 2 fully saturated rings. The van der Waals surface area contributed by atoms with Crippen LogP contribution in [0.5, 0.6) is 0 Å². The quantitative estimate of drug-likeness (QED) is 0.179. The van der Waals surface area contributed by atoms with Gasteiger partial charge in [-0.3, -0.25) is 19.2 Å². The van der Waals surface area contributed by atoms with Gasteiger partial charge in [-0.2, -0.15) is 0 Å². The number of amides is 3. The number of nitrogens with two attached hydrogens (primary N) is 1. The molecule has 2 heterocycles. The number of carbonyl (C=O) groups excluding carboxylic acids is 3. The summed E-state index contributed by atoms with van der Waals surface area (Å²) in [6.07, 6.45) is 3.30. The number of hydrogen-bond acceptors (Lipinski definition) is 7. The number of nitrogens with zero attached hydrogens (tertiary/aromatic N) is 1. The summed E-state index contributed by atoms with van der Waals surface area (Å²) in [5, 5.41) is 26.8. The summed E-state index contributed by atoms with van der Waals surface area (Å²) in [7, 11) is 0. The minimum atomic E-state index is -1.20. The van der Waals surface area contributed by atoms with Crippen LogP contribution in [0.15, 0.2) is 0 Å². The zero-order valence-corrected chi connectivity index (χ0v) is 18.8. The summed E-state index contributed by atoms with van der Waals surface area (Å²) in [6, 6.07) is -3.51. The van der Waals surface area contributed by atoms with E-state index >= 15 is 0 Å². The van der Waals surface area contributed by atoms with Crippen molar-refractivity contribution in [1.29, 1.82) is 0 Å². The van der Waals surface area contributed by atoms with E-state index in [0.29, 0.717) is 51.6 Å². The summed E-state index contributed by atoms with van der Waals surface area (Å²) < 4.78 is 0.